The molecule has 0 heterocycles. The van der Waals surface area contributed by atoms with Crippen molar-refractivity contribution in [2.24, 2.45) is 5.10 Å². The third kappa shape index (κ3) is 3.67. The standard InChI is InChI=1S/C15H14N2O2/c1-11-2-6-13(7-3-11)15(19)17-16-10-12-4-8-14(18)9-5-12/h2-10,18H,1H3,(H,17,19)/b16-10-. The minimum absolute atomic E-state index is 0.195. The maximum atomic E-state index is 11.7. The molecule has 0 bridgehead atoms. The molecule has 2 aromatic carbocycles. The molecule has 0 unspecified atom stereocenters. The summed E-state index contributed by atoms with van der Waals surface area (Å²) in [6.07, 6.45) is 1.52. The predicted octanol–water partition coefficient (Wildman–Crippen LogP) is 2.46. The summed E-state index contributed by atoms with van der Waals surface area (Å²) in [6, 6.07) is 13.8. The van der Waals surface area contributed by atoms with Gasteiger partial charge < -0.3 is 5.11 Å². The molecule has 0 spiro atoms. The van der Waals surface area contributed by atoms with Crippen molar-refractivity contribution >= 4 is 12.1 Å². The van der Waals surface area contributed by atoms with Gasteiger partial charge in [-0.15, -0.1) is 0 Å². The number of nitrogens with one attached hydrogen (secondary N) is 1. The Bertz CT molecular complexity index is 587. The van der Waals surface area contributed by atoms with E-state index in [1.54, 1.807) is 36.4 Å². The third-order valence-electron chi connectivity index (χ3n) is 2.59. The maximum absolute atomic E-state index is 11.7. The molecule has 0 radical (unpaired) electrons. The van der Waals surface area contributed by atoms with E-state index in [9.17, 15) is 4.79 Å². The number of phenolic OH excluding ortho intramolecular Hbond substituents is 1. The molecular formula is C15H14N2O2. The SMILES string of the molecule is Cc1ccc(C(=O)N/N=C\c2ccc(O)cc2)cc1. The molecule has 4 nitrogen and oxygen atoms in total. The van der Waals surface area contributed by atoms with Gasteiger partial charge in [0.05, 0.1) is 6.21 Å². The van der Waals surface area contributed by atoms with Gasteiger partial charge in [0.25, 0.3) is 5.91 Å². The number of hydrogen-bond donors (Lipinski definition) is 2. The highest BCUT2D eigenvalue weighted by molar-refractivity contribution is 5.94. The van der Waals surface area contributed by atoms with Gasteiger partial charge in [-0.3, -0.25) is 4.79 Å². The highest BCUT2D eigenvalue weighted by Crippen LogP contribution is 2.07. The number of nitrogens with zero attached hydrogens (tertiary/aromatic N) is 1. The van der Waals surface area contributed by atoms with Crippen LogP contribution >= 0.6 is 0 Å². The van der Waals surface area contributed by atoms with Gasteiger partial charge in [0.1, 0.15) is 5.75 Å². The van der Waals surface area contributed by atoms with Gasteiger partial charge in [0, 0.05) is 5.56 Å². The average molecular weight is 254 g/mol. The van der Waals surface area contributed by atoms with E-state index in [0.29, 0.717) is 5.56 Å². The molecule has 0 aliphatic carbocycles. The number of benzene rings is 2. The van der Waals surface area contributed by atoms with Crippen LogP contribution in [-0.2, 0) is 0 Å². The Kier molecular flexibility index (Phi) is 3.93. The first-order valence-electron chi connectivity index (χ1n) is 5.84. The van der Waals surface area contributed by atoms with Crippen molar-refractivity contribution in [3.63, 3.8) is 0 Å². The molecule has 19 heavy (non-hydrogen) atoms. The average Bonchev–Trinajstić information content (AvgIpc) is 2.41. The summed E-state index contributed by atoms with van der Waals surface area (Å²) >= 11 is 0. The van der Waals surface area contributed by atoms with Gasteiger partial charge in [-0.2, -0.15) is 5.10 Å². The van der Waals surface area contributed by atoms with Crippen molar-refractivity contribution in [3.8, 4) is 5.75 Å². The van der Waals surface area contributed by atoms with Gasteiger partial charge in [-0.05, 0) is 48.9 Å². The van der Waals surface area contributed by atoms with Crippen molar-refractivity contribution in [1.82, 2.24) is 5.43 Å². The maximum Gasteiger partial charge on any atom is 0.271 e. The van der Waals surface area contributed by atoms with E-state index in [1.807, 2.05) is 19.1 Å². The molecule has 0 aliphatic rings. The lowest BCUT2D eigenvalue weighted by Crippen LogP contribution is -2.17. The number of hydrogen-bond acceptors (Lipinski definition) is 3. The number of carbonyl (C=O) groups is 1. The number of carbonyl (C=O) groups excluding carboxylic acids is 1. The van der Waals surface area contributed by atoms with Gasteiger partial charge in [-0.1, -0.05) is 17.7 Å². The Hall–Kier alpha value is -2.62. The zero-order valence-electron chi connectivity index (χ0n) is 10.5. The second-order valence-electron chi connectivity index (χ2n) is 4.16. The Morgan fingerprint density at radius 2 is 1.74 bits per heavy atom. The van der Waals surface area contributed by atoms with E-state index in [0.717, 1.165) is 11.1 Å². The molecule has 0 saturated heterocycles. The predicted molar refractivity (Wildman–Crippen MR) is 74.3 cm³/mol. The van der Waals surface area contributed by atoms with Gasteiger partial charge >= 0.3 is 0 Å². The van der Waals surface area contributed by atoms with Crippen LogP contribution in [0.3, 0.4) is 0 Å². The van der Waals surface area contributed by atoms with E-state index in [-0.39, 0.29) is 11.7 Å². The lowest BCUT2D eigenvalue weighted by molar-refractivity contribution is 0.0955. The van der Waals surface area contributed by atoms with Gasteiger partial charge in [-0.25, -0.2) is 5.43 Å². The molecule has 2 rings (SSSR count). The summed E-state index contributed by atoms with van der Waals surface area (Å²) in [4.78, 5) is 11.7. The second kappa shape index (κ2) is 5.82. The van der Waals surface area contributed by atoms with Crippen LogP contribution in [0.2, 0.25) is 0 Å². The van der Waals surface area contributed by atoms with Crippen molar-refractivity contribution < 1.29 is 9.90 Å². The molecule has 96 valence electrons. The minimum Gasteiger partial charge on any atom is -0.508 e. The highest BCUT2D eigenvalue weighted by atomic mass is 16.3. The van der Waals surface area contributed by atoms with Crippen molar-refractivity contribution in [3.05, 3.63) is 65.2 Å². The topological polar surface area (TPSA) is 61.7 Å². The summed E-state index contributed by atoms with van der Waals surface area (Å²) in [7, 11) is 0. The second-order valence-corrected chi connectivity index (χ2v) is 4.16. The summed E-state index contributed by atoms with van der Waals surface area (Å²) in [5.74, 6) is -0.0594. The zero-order chi connectivity index (χ0) is 13.7. The van der Waals surface area contributed by atoms with Gasteiger partial charge in [0.15, 0.2) is 0 Å². The van der Waals surface area contributed by atoms with E-state index in [4.69, 9.17) is 5.11 Å². The van der Waals surface area contributed by atoms with Crippen LogP contribution in [0.15, 0.2) is 53.6 Å². The third-order valence-corrected chi connectivity index (χ3v) is 2.59. The molecule has 2 N–H and O–H groups in total. The Labute approximate surface area is 111 Å². The van der Waals surface area contributed by atoms with Crippen LogP contribution in [0.5, 0.6) is 5.75 Å². The summed E-state index contributed by atoms with van der Waals surface area (Å²) in [5.41, 5.74) is 4.91. The molecule has 0 aliphatic heterocycles. The number of aromatic hydroxyl groups is 1. The Morgan fingerprint density at radius 1 is 1.11 bits per heavy atom. The van der Waals surface area contributed by atoms with E-state index in [1.165, 1.54) is 6.21 Å². The molecular weight excluding hydrogens is 240 g/mol. The van der Waals surface area contributed by atoms with Crippen LogP contribution in [0.4, 0.5) is 0 Å². The first kappa shape index (κ1) is 12.8. The summed E-state index contributed by atoms with van der Waals surface area (Å²) < 4.78 is 0. The largest absolute Gasteiger partial charge is 0.508 e. The highest BCUT2D eigenvalue weighted by Gasteiger charge is 2.02. The van der Waals surface area contributed by atoms with Gasteiger partial charge in [0.2, 0.25) is 0 Å². The van der Waals surface area contributed by atoms with E-state index in [2.05, 4.69) is 10.5 Å². The number of amides is 1. The van der Waals surface area contributed by atoms with Crippen molar-refractivity contribution in [1.29, 1.82) is 0 Å². The summed E-state index contributed by atoms with van der Waals surface area (Å²) in [5, 5.41) is 13.0. The molecule has 0 atom stereocenters. The van der Waals surface area contributed by atoms with Crippen LogP contribution in [-0.4, -0.2) is 17.2 Å². The smallest absolute Gasteiger partial charge is 0.271 e. The molecule has 4 heteroatoms. The molecule has 0 saturated carbocycles. The molecule has 1 amide bonds. The fourth-order valence-corrected chi connectivity index (χ4v) is 1.50. The van der Waals surface area contributed by atoms with Crippen LogP contribution in [0.1, 0.15) is 21.5 Å². The monoisotopic (exact) mass is 254 g/mol. The fourth-order valence-electron chi connectivity index (χ4n) is 1.50. The number of aryl methyl sites for hydroxylation is 1. The quantitative estimate of drug-likeness (QED) is 0.653. The number of phenols is 1. The zero-order valence-corrected chi connectivity index (χ0v) is 10.5. The van der Waals surface area contributed by atoms with Crippen LogP contribution < -0.4 is 5.43 Å². The fraction of sp³-hybridized carbons (Fsp3) is 0.0667. The molecule has 0 fully saturated rings. The Morgan fingerprint density at radius 3 is 2.37 bits per heavy atom. The van der Waals surface area contributed by atoms with Crippen molar-refractivity contribution in [2.45, 2.75) is 6.92 Å². The van der Waals surface area contributed by atoms with Crippen LogP contribution in [0.25, 0.3) is 0 Å². The van der Waals surface area contributed by atoms with E-state index < -0.39 is 0 Å². The van der Waals surface area contributed by atoms with Crippen molar-refractivity contribution in [2.75, 3.05) is 0 Å². The first-order chi connectivity index (χ1) is 9.15. The number of hydrazone groups is 1. The lowest BCUT2D eigenvalue weighted by atomic mass is 10.1. The Balaban J connectivity index is 1.96. The van der Waals surface area contributed by atoms with Crippen LogP contribution in [0, 0.1) is 6.92 Å². The minimum atomic E-state index is -0.255. The number of rotatable bonds is 3. The summed E-state index contributed by atoms with van der Waals surface area (Å²) in [6.45, 7) is 1.96. The first-order valence-corrected chi connectivity index (χ1v) is 5.84. The molecule has 2 aromatic rings. The molecule has 0 aromatic heterocycles. The lowest BCUT2D eigenvalue weighted by Gasteiger charge is -2.00. The van der Waals surface area contributed by atoms with E-state index >= 15 is 0 Å². The normalized spacial score (nSPS) is 10.6.